The molecule has 2 nitrogen and oxygen atoms in total. The summed E-state index contributed by atoms with van der Waals surface area (Å²) in [5.41, 5.74) is 0.124. The summed E-state index contributed by atoms with van der Waals surface area (Å²) in [5.74, 6) is 0.577. The van der Waals surface area contributed by atoms with Gasteiger partial charge in [0.1, 0.15) is 0 Å². The van der Waals surface area contributed by atoms with Gasteiger partial charge in [0.05, 0.1) is 6.10 Å². The zero-order valence-electron chi connectivity index (χ0n) is 11.6. The van der Waals surface area contributed by atoms with Crippen molar-refractivity contribution >= 4 is 0 Å². The predicted molar refractivity (Wildman–Crippen MR) is 72.1 cm³/mol. The summed E-state index contributed by atoms with van der Waals surface area (Å²) in [5, 5.41) is 10.9. The van der Waals surface area contributed by atoms with Crippen molar-refractivity contribution in [1.82, 2.24) is 4.90 Å². The largest absolute Gasteiger partial charge is 0.391 e. The van der Waals surface area contributed by atoms with Crippen LogP contribution >= 0.6 is 0 Å². The maximum Gasteiger partial charge on any atom is 0.0751 e. The van der Waals surface area contributed by atoms with Crippen LogP contribution in [-0.4, -0.2) is 34.7 Å². The summed E-state index contributed by atoms with van der Waals surface area (Å²) >= 11 is 0. The van der Waals surface area contributed by atoms with Crippen LogP contribution in [0, 0.1) is 5.92 Å². The zero-order chi connectivity index (χ0) is 12.3. The molecule has 0 aromatic carbocycles. The van der Waals surface area contributed by atoms with E-state index in [0.717, 1.165) is 13.1 Å². The molecule has 0 spiro atoms. The van der Waals surface area contributed by atoms with E-state index in [1.807, 2.05) is 0 Å². The van der Waals surface area contributed by atoms with Gasteiger partial charge in [0.25, 0.3) is 0 Å². The molecule has 0 aliphatic heterocycles. The number of rotatable bonds is 5. The SMILES string of the molecule is CCN(CC)C1(C(O)C2CCCC2)CCCC1. The molecule has 0 aromatic heterocycles. The molecule has 1 N–H and O–H groups in total. The molecule has 2 fully saturated rings. The Morgan fingerprint density at radius 3 is 2.06 bits per heavy atom. The molecule has 100 valence electrons. The minimum Gasteiger partial charge on any atom is -0.391 e. The fraction of sp³-hybridized carbons (Fsp3) is 1.00. The van der Waals surface area contributed by atoms with E-state index < -0.39 is 0 Å². The van der Waals surface area contributed by atoms with Crippen LogP contribution in [0.1, 0.15) is 65.2 Å². The molecule has 0 radical (unpaired) electrons. The summed E-state index contributed by atoms with van der Waals surface area (Å²) < 4.78 is 0. The molecule has 2 rings (SSSR count). The van der Waals surface area contributed by atoms with E-state index in [0.29, 0.717) is 5.92 Å². The summed E-state index contributed by atoms with van der Waals surface area (Å²) in [6.45, 7) is 6.65. The van der Waals surface area contributed by atoms with Crippen molar-refractivity contribution in [3.63, 3.8) is 0 Å². The Balaban J connectivity index is 2.14. The van der Waals surface area contributed by atoms with Crippen molar-refractivity contribution in [3.05, 3.63) is 0 Å². The zero-order valence-corrected chi connectivity index (χ0v) is 11.6. The number of aliphatic hydroxyl groups excluding tert-OH is 1. The Kier molecular flexibility index (Phi) is 4.48. The Morgan fingerprint density at radius 1 is 1.06 bits per heavy atom. The van der Waals surface area contributed by atoms with E-state index in [1.54, 1.807) is 0 Å². The number of aliphatic hydroxyl groups is 1. The van der Waals surface area contributed by atoms with Gasteiger partial charge in [-0.1, -0.05) is 39.5 Å². The lowest BCUT2D eigenvalue weighted by molar-refractivity contribution is -0.0546. The maximum atomic E-state index is 10.9. The molecule has 1 unspecified atom stereocenters. The van der Waals surface area contributed by atoms with Crippen LogP contribution in [0.4, 0.5) is 0 Å². The Bertz CT molecular complexity index is 225. The molecule has 17 heavy (non-hydrogen) atoms. The molecule has 0 aromatic rings. The predicted octanol–water partition coefficient (Wildman–Crippen LogP) is 3.19. The first kappa shape index (κ1) is 13.4. The van der Waals surface area contributed by atoms with Gasteiger partial charge in [-0.3, -0.25) is 4.90 Å². The highest BCUT2D eigenvalue weighted by Gasteiger charge is 2.47. The van der Waals surface area contributed by atoms with Gasteiger partial charge in [-0.25, -0.2) is 0 Å². The van der Waals surface area contributed by atoms with E-state index >= 15 is 0 Å². The fourth-order valence-corrected chi connectivity index (χ4v) is 4.35. The third-order valence-electron chi connectivity index (χ3n) is 5.26. The lowest BCUT2D eigenvalue weighted by Crippen LogP contribution is -2.57. The van der Waals surface area contributed by atoms with Crippen LogP contribution < -0.4 is 0 Å². The van der Waals surface area contributed by atoms with Crippen molar-refractivity contribution in [3.8, 4) is 0 Å². The first-order valence-electron chi connectivity index (χ1n) is 7.67. The first-order chi connectivity index (χ1) is 8.24. The highest BCUT2D eigenvalue weighted by Crippen LogP contribution is 2.43. The van der Waals surface area contributed by atoms with E-state index in [9.17, 15) is 5.11 Å². The van der Waals surface area contributed by atoms with Gasteiger partial charge in [-0.05, 0) is 44.7 Å². The molecule has 1 atom stereocenters. The summed E-state index contributed by atoms with van der Waals surface area (Å²) in [4.78, 5) is 2.54. The minimum absolute atomic E-state index is 0.0765. The normalized spacial score (nSPS) is 26.8. The van der Waals surface area contributed by atoms with E-state index in [4.69, 9.17) is 0 Å². The average molecular weight is 239 g/mol. The van der Waals surface area contributed by atoms with Crippen LogP contribution in [-0.2, 0) is 0 Å². The first-order valence-corrected chi connectivity index (χ1v) is 7.67. The molecular formula is C15H29NO. The maximum absolute atomic E-state index is 10.9. The number of likely N-dealkylation sites (N-methyl/N-ethyl adjacent to an activating group) is 1. The number of hydrogen-bond acceptors (Lipinski definition) is 2. The number of nitrogens with zero attached hydrogens (tertiary/aromatic N) is 1. The Morgan fingerprint density at radius 2 is 1.59 bits per heavy atom. The van der Waals surface area contributed by atoms with E-state index in [2.05, 4.69) is 18.7 Å². The van der Waals surface area contributed by atoms with Gasteiger partial charge in [0, 0.05) is 5.54 Å². The number of hydrogen-bond donors (Lipinski definition) is 1. The quantitative estimate of drug-likeness (QED) is 0.796. The second kappa shape index (κ2) is 5.71. The second-order valence-corrected chi connectivity index (χ2v) is 5.97. The van der Waals surface area contributed by atoms with Gasteiger partial charge in [-0.2, -0.15) is 0 Å². The molecule has 2 saturated carbocycles. The van der Waals surface area contributed by atoms with Gasteiger partial charge in [0.15, 0.2) is 0 Å². The van der Waals surface area contributed by atoms with Crippen molar-refractivity contribution < 1.29 is 5.11 Å². The molecule has 2 aliphatic carbocycles. The highest BCUT2D eigenvalue weighted by molar-refractivity contribution is 5.02. The molecule has 0 bridgehead atoms. The molecule has 2 heteroatoms. The lowest BCUT2D eigenvalue weighted by atomic mass is 9.80. The van der Waals surface area contributed by atoms with Crippen molar-refractivity contribution in [1.29, 1.82) is 0 Å². The summed E-state index contributed by atoms with van der Waals surface area (Å²) in [7, 11) is 0. The average Bonchev–Trinajstić information content (AvgIpc) is 3.02. The van der Waals surface area contributed by atoms with Gasteiger partial charge >= 0.3 is 0 Å². The summed E-state index contributed by atoms with van der Waals surface area (Å²) in [6, 6.07) is 0. The topological polar surface area (TPSA) is 23.5 Å². The monoisotopic (exact) mass is 239 g/mol. The molecule has 0 heterocycles. The van der Waals surface area contributed by atoms with Crippen molar-refractivity contribution in [2.45, 2.75) is 76.9 Å². The third-order valence-corrected chi connectivity index (χ3v) is 5.26. The molecule has 0 amide bonds. The van der Waals surface area contributed by atoms with E-state index in [-0.39, 0.29) is 11.6 Å². The Labute approximate surface area is 106 Å². The second-order valence-electron chi connectivity index (χ2n) is 5.97. The third kappa shape index (κ3) is 2.39. The Hall–Kier alpha value is -0.0800. The molecule has 0 saturated heterocycles. The van der Waals surface area contributed by atoms with Crippen molar-refractivity contribution in [2.24, 2.45) is 5.92 Å². The molecule has 2 aliphatic rings. The standard InChI is InChI=1S/C15H29NO/c1-3-16(4-2)15(11-7-8-12-15)14(17)13-9-5-6-10-13/h13-14,17H,3-12H2,1-2H3. The summed E-state index contributed by atoms with van der Waals surface area (Å²) in [6.07, 6.45) is 10.1. The van der Waals surface area contributed by atoms with Crippen LogP contribution in [0.2, 0.25) is 0 Å². The van der Waals surface area contributed by atoms with Crippen molar-refractivity contribution in [2.75, 3.05) is 13.1 Å². The molecular weight excluding hydrogens is 210 g/mol. The van der Waals surface area contributed by atoms with Gasteiger partial charge in [0.2, 0.25) is 0 Å². The van der Waals surface area contributed by atoms with Crippen LogP contribution in [0.25, 0.3) is 0 Å². The van der Waals surface area contributed by atoms with Crippen LogP contribution in [0.5, 0.6) is 0 Å². The fourth-order valence-electron chi connectivity index (χ4n) is 4.35. The highest BCUT2D eigenvalue weighted by atomic mass is 16.3. The van der Waals surface area contributed by atoms with Crippen LogP contribution in [0.15, 0.2) is 0 Å². The smallest absolute Gasteiger partial charge is 0.0751 e. The van der Waals surface area contributed by atoms with Gasteiger partial charge in [-0.15, -0.1) is 0 Å². The lowest BCUT2D eigenvalue weighted by Gasteiger charge is -2.46. The minimum atomic E-state index is -0.0765. The van der Waals surface area contributed by atoms with E-state index in [1.165, 1.54) is 51.4 Å². The van der Waals surface area contributed by atoms with Gasteiger partial charge < -0.3 is 5.11 Å². The van der Waals surface area contributed by atoms with Crippen LogP contribution in [0.3, 0.4) is 0 Å².